The van der Waals surface area contributed by atoms with Gasteiger partial charge in [0.15, 0.2) is 6.61 Å². The van der Waals surface area contributed by atoms with Crippen molar-refractivity contribution in [2.75, 3.05) is 31.6 Å². The summed E-state index contributed by atoms with van der Waals surface area (Å²) in [4.78, 5) is 26.1. The van der Waals surface area contributed by atoms with E-state index in [1.807, 2.05) is 17.0 Å². The van der Waals surface area contributed by atoms with E-state index in [-0.39, 0.29) is 36.9 Å². The van der Waals surface area contributed by atoms with Gasteiger partial charge in [0.1, 0.15) is 5.75 Å². The van der Waals surface area contributed by atoms with Crippen molar-refractivity contribution in [1.29, 1.82) is 0 Å². The van der Waals surface area contributed by atoms with Gasteiger partial charge in [-0.15, -0.1) is 12.4 Å². The molecule has 1 aromatic carbocycles. The SMILES string of the molecule is Cl.O=C(Nc1cccc(OCC(=O)N2CCCC2)c1)C1CCCCN1. The molecule has 0 aromatic heterocycles. The molecule has 2 N–H and O–H groups in total. The van der Waals surface area contributed by atoms with Crippen LogP contribution in [0.3, 0.4) is 0 Å². The zero-order valence-corrected chi connectivity index (χ0v) is 15.1. The number of nitrogens with one attached hydrogen (secondary N) is 2. The Morgan fingerprint density at radius 2 is 2.00 bits per heavy atom. The minimum atomic E-state index is -0.125. The van der Waals surface area contributed by atoms with Crippen molar-refractivity contribution in [3.8, 4) is 5.75 Å². The summed E-state index contributed by atoms with van der Waals surface area (Å²) in [5.41, 5.74) is 0.693. The summed E-state index contributed by atoms with van der Waals surface area (Å²) in [5, 5.41) is 6.15. The number of amides is 2. The average molecular weight is 368 g/mol. The molecule has 7 heteroatoms. The molecule has 1 aromatic rings. The number of likely N-dealkylation sites (tertiary alicyclic amines) is 1. The van der Waals surface area contributed by atoms with E-state index in [0.717, 1.165) is 51.7 Å². The molecule has 0 spiro atoms. The fourth-order valence-electron chi connectivity index (χ4n) is 3.17. The number of nitrogens with zero attached hydrogens (tertiary/aromatic N) is 1. The molecule has 2 amide bonds. The first kappa shape index (κ1) is 19.5. The first-order chi connectivity index (χ1) is 11.7. The van der Waals surface area contributed by atoms with E-state index < -0.39 is 0 Å². The highest BCUT2D eigenvalue weighted by Gasteiger charge is 2.21. The molecular weight excluding hydrogens is 342 g/mol. The van der Waals surface area contributed by atoms with Crippen LogP contribution in [-0.4, -0.2) is 49.0 Å². The molecular formula is C18H26ClN3O3. The number of hydrogen-bond donors (Lipinski definition) is 2. The predicted octanol–water partition coefficient (Wildman–Crippen LogP) is 2.19. The third kappa shape index (κ3) is 5.61. The summed E-state index contributed by atoms with van der Waals surface area (Å²) in [5.74, 6) is 0.602. The maximum absolute atomic E-state index is 12.2. The van der Waals surface area contributed by atoms with E-state index in [0.29, 0.717) is 11.4 Å². The molecule has 2 aliphatic heterocycles. The second-order valence-electron chi connectivity index (χ2n) is 6.40. The molecule has 3 rings (SSSR count). The van der Waals surface area contributed by atoms with Crippen molar-refractivity contribution in [3.63, 3.8) is 0 Å². The fraction of sp³-hybridized carbons (Fsp3) is 0.556. The van der Waals surface area contributed by atoms with Crippen LogP contribution in [0.15, 0.2) is 24.3 Å². The second-order valence-corrected chi connectivity index (χ2v) is 6.40. The van der Waals surface area contributed by atoms with Gasteiger partial charge in [-0.2, -0.15) is 0 Å². The summed E-state index contributed by atoms with van der Waals surface area (Å²) >= 11 is 0. The van der Waals surface area contributed by atoms with Crippen LogP contribution < -0.4 is 15.4 Å². The highest BCUT2D eigenvalue weighted by Crippen LogP contribution is 2.19. The highest BCUT2D eigenvalue weighted by atomic mass is 35.5. The largest absolute Gasteiger partial charge is 0.484 e. The summed E-state index contributed by atoms with van der Waals surface area (Å²) in [6, 6.07) is 7.08. The molecule has 2 aliphatic rings. The lowest BCUT2D eigenvalue weighted by molar-refractivity contribution is -0.132. The maximum atomic E-state index is 12.2. The average Bonchev–Trinajstić information content (AvgIpc) is 3.15. The molecule has 2 saturated heterocycles. The molecule has 6 nitrogen and oxygen atoms in total. The van der Waals surface area contributed by atoms with Crippen LogP contribution in [0.4, 0.5) is 5.69 Å². The topological polar surface area (TPSA) is 70.7 Å². The first-order valence-corrected chi connectivity index (χ1v) is 8.77. The number of anilines is 1. The maximum Gasteiger partial charge on any atom is 0.260 e. The molecule has 138 valence electrons. The van der Waals surface area contributed by atoms with Crippen molar-refractivity contribution in [3.05, 3.63) is 24.3 Å². The van der Waals surface area contributed by atoms with Gasteiger partial charge >= 0.3 is 0 Å². The van der Waals surface area contributed by atoms with E-state index in [2.05, 4.69) is 10.6 Å². The highest BCUT2D eigenvalue weighted by molar-refractivity contribution is 5.95. The number of carbonyl (C=O) groups is 2. The van der Waals surface area contributed by atoms with Crippen molar-refractivity contribution in [1.82, 2.24) is 10.2 Å². The molecule has 0 aliphatic carbocycles. The zero-order valence-electron chi connectivity index (χ0n) is 14.3. The summed E-state index contributed by atoms with van der Waals surface area (Å²) in [7, 11) is 0. The van der Waals surface area contributed by atoms with E-state index >= 15 is 0 Å². The smallest absolute Gasteiger partial charge is 0.260 e. The zero-order chi connectivity index (χ0) is 16.8. The molecule has 0 radical (unpaired) electrons. The summed E-state index contributed by atoms with van der Waals surface area (Å²) < 4.78 is 5.59. The Bertz CT molecular complexity index is 585. The number of benzene rings is 1. The summed E-state index contributed by atoms with van der Waals surface area (Å²) in [6.45, 7) is 2.58. The van der Waals surface area contributed by atoms with E-state index in [4.69, 9.17) is 4.74 Å². The Kier molecular flexibility index (Phi) is 7.52. The van der Waals surface area contributed by atoms with Crippen LogP contribution in [0, 0.1) is 0 Å². The van der Waals surface area contributed by atoms with Gasteiger partial charge in [-0.05, 0) is 44.4 Å². The molecule has 1 unspecified atom stereocenters. The number of piperidine rings is 1. The third-order valence-corrected chi connectivity index (χ3v) is 4.55. The van der Waals surface area contributed by atoms with Crippen LogP contribution >= 0.6 is 12.4 Å². The molecule has 0 saturated carbocycles. The second kappa shape index (κ2) is 9.63. The number of ether oxygens (including phenoxy) is 1. The van der Waals surface area contributed by atoms with Gasteiger partial charge in [0.05, 0.1) is 6.04 Å². The van der Waals surface area contributed by atoms with Gasteiger partial charge in [-0.3, -0.25) is 9.59 Å². The van der Waals surface area contributed by atoms with Crippen LogP contribution in [0.5, 0.6) is 5.75 Å². The van der Waals surface area contributed by atoms with Crippen molar-refractivity contribution < 1.29 is 14.3 Å². The Morgan fingerprint density at radius 1 is 1.20 bits per heavy atom. The van der Waals surface area contributed by atoms with E-state index in [1.165, 1.54) is 0 Å². The Balaban J connectivity index is 0.00000225. The van der Waals surface area contributed by atoms with Gasteiger partial charge < -0.3 is 20.3 Å². The fourth-order valence-corrected chi connectivity index (χ4v) is 3.17. The van der Waals surface area contributed by atoms with Crippen molar-refractivity contribution in [2.45, 2.75) is 38.1 Å². The monoisotopic (exact) mass is 367 g/mol. The Hall–Kier alpha value is -1.79. The predicted molar refractivity (Wildman–Crippen MR) is 99.3 cm³/mol. The molecule has 0 bridgehead atoms. The minimum absolute atomic E-state index is 0. The van der Waals surface area contributed by atoms with E-state index in [1.54, 1.807) is 12.1 Å². The van der Waals surface area contributed by atoms with Crippen LogP contribution in [0.1, 0.15) is 32.1 Å². The van der Waals surface area contributed by atoms with Crippen LogP contribution in [0.2, 0.25) is 0 Å². The Labute approximate surface area is 154 Å². The lowest BCUT2D eigenvalue weighted by Gasteiger charge is -2.22. The van der Waals surface area contributed by atoms with Gasteiger partial charge in [-0.25, -0.2) is 0 Å². The molecule has 1 atom stereocenters. The minimum Gasteiger partial charge on any atom is -0.484 e. The lowest BCUT2D eigenvalue weighted by atomic mass is 10.0. The Morgan fingerprint density at radius 3 is 2.72 bits per heavy atom. The van der Waals surface area contributed by atoms with Crippen LogP contribution in [0.25, 0.3) is 0 Å². The number of halogens is 1. The number of carbonyl (C=O) groups excluding carboxylic acids is 2. The quantitative estimate of drug-likeness (QED) is 0.837. The van der Waals surface area contributed by atoms with E-state index in [9.17, 15) is 9.59 Å². The number of rotatable bonds is 5. The van der Waals surface area contributed by atoms with Crippen molar-refractivity contribution >= 4 is 29.9 Å². The van der Waals surface area contributed by atoms with Gasteiger partial charge in [0, 0.05) is 24.8 Å². The van der Waals surface area contributed by atoms with Gasteiger partial charge in [-0.1, -0.05) is 12.5 Å². The van der Waals surface area contributed by atoms with Crippen molar-refractivity contribution in [2.24, 2.45) is 0 Å². The standard InChI is InChI=1S/C18H25N3O3.ClH/c22-17(21-10-3-4-11-21)13-24-15-7-5-6-14(12-15)20-18(23)16-8-1-2-9-19-16;/h5-7,12,16,19H,1-4,8-11,13H2,(H,20,23);1H. The molecule has 2 heterocycles. The molecule has 25 heavy (non-hydrogen) atoms. The summed E-state index contributed by atoms with van der Waals surface area (Å²) in [6.07, 6.45) is 5.21. The normalized spacial score (nSPS) is 19.8. The van der Waals surface area contributed by atoms with Gasteiger partial charge in [0.25, 0.3) is 5.91 Å². The first-order valence-electron chi connectivity index (χ1n) is 8.77. The van der Waals surface area contributed by atoms with Crippen LogP contribution in [-0.2, 0) is 9.59 Å². The molecule has 2 fully saturated rings. The third-order valence-electron chi connectivity index (χ3n) is 4.55. The lowest BCUT2D eigenvalue weighted by Crippen LogP contribution is -2.43. The number of hydrogen-bond acceptors (Lipinski definition) is 4. The van der Waals surface area contributed by atoms with Gasteiger partial charge in [0.2, 0.25) is 5.91 Å².